The molecule has 0 bridgehead atoms. The van der Waals surface area contributed by atoms with E-state index in [1.807, 2.05) is 12.1 Å². The van der Waals surface area contributed by atoms with E-state index in [-0.39, 0.29) is 5.92 Å². The Morgan fingerprint density at radius 3 is 2.72 bits per heavy atom. The molecule has 0 radical (unpaired) electrons. The van der Waals surface area contributed by atoms with Crippen molar-refractivity contribution in [3.63, 3.8) is 0 Å². The normalized spacial score (nSPS) is 16.6. The molecule has 2 N–H and O–H groups in total. The van der Waals surface area contributed by atoms with Crippen LogP contribution in [0.15, 0.2) is 55.0 Å². The lowest BCUT2D eigenvalue weighted by Crippen LogP contribution is -2.28. The molecule has 4 aromatic rings. The first-order valence-corrected chi connectivity index (χ1v) is 11.8. The first-order valence-electron chi connectivity index (χ1n) is 11.4. The predicted molar refractivity (Wildman–Crippen MR) is 132 cm³/mol. The van der Waals surface area contributed by atoms with Crippen LogP contribution in [0.3, 0.4) is 0 Å². The molecule has 2 aromatic heterocycles. The summed E-state index contributed by atoms with van der Waals surface area (Å²) >= 11 is 6.16. The number of hydrogen-bond donors (Lipinski definition) is 2. The quantitative estimate of drug-likeness (QED) is 0.359. The Hall–Kier alpha value is -2.69. The minimum absolute atomic E-state index is 0.234. The van der Waals surface area contributed by atoms with E-state index >= 15 is 0 Å². The second kappa shape index (κ2) is 8.68. The molecule has 0 aliphatic heterocycles. The molecule has 1 aliphatic carbocycles. The zero-order valence-corrected chi connectivity index (χ0v) is 19.6. The summed E-state index contributed by atoms with van der Waals surface area (Å²) < 4.78 is 0. The summed E-state index contributed by atoms with van der Waals surface area (Å²) in [5.41, 5.74) is 8.45. The molecular weight excluding hydrogens is 416 g/mol. The topological polar surface area (TPSA) is 53.6 Å². The zero-order chi connectivity index (χ0) is 22.2. The average Bonchev–Trinajstić information content (AvgIpc) is 3.38. The summed E-state index contributed by atoms with van der Waals surface area (Å²) in [5, 5.41) is 5.63. The highest BCUT2D eigenvalue weighted by Gasteiger charge is 2.25. The molecule has 5 rings (SSSR count). The van der Waals surface area contributed by atoms with Gasteiger partial charge in [-0.05, 0) is 48.1 Å². The molecule has 2 unspecified atom stereocenters. The molecular formula is C27H29ClN4. The van der Waals surface area contributed by atoms with E-state index in [0.29, 0.717) is 12.0 Å². The lowest BCUT2D eigenvalue weighted by Gasteiger charge is -2.20. The van der Waals surface area contributed by atoms with Crippen molar-refractivity contribution in [2.24, 2.45) is 0 Å². The van der Waals surface area contributed by atoms with Gasteiger partial charge in [0.05, 0.1) is 5.69 Å². The highest BCUT2D eigenvalue weighted by molar-refractivity contribution is 6.30. The highest BCUT2D eigenvalue weighted by atomic mass is 35.5. The minimum atomic E-state index is 0.234. The molecule has 0 amide bonds. The smallest absolute Gasteiger partial charge is 0.116 e. The van der Waals surface area contributed by atoms with Crippen LogP contribution in [0, 0.1) is 0 Å². The molecule has 0 saturated heterocycles. The van der Waals surface area contributed by atoms with Crippen LogP contribution in [-0.2, 0) is 6.42 Å². The SMILES string of the molecule is CC(C)NCC(c1ccc(Cl)cc1)c1c[nH]c2cc(-c3ncnc4c3C(C)CC4)ccc12. The van der Waals surface area contributed by atoms with Gasteiger partial charge >= 0.3 is 0 Å². The summed E-state index contributed by atoms with van der Waals surface area (Å²) in [6.07, 6.45) is 6.07. The zero-order valence-electron chi connectivity index (χ0n) is 18.8. The van der Waals surface area contributed by atoms with Crippen LogP contribution in [0.4, 0.5) is 0 Å². The van der Waals surface area contributed by atoms with Crippen LogP contribution in [0.25, 0.3) is 22.2 Å². The number of benzene rings is 2. The molecule has 0 saturated carbocycles. The van der Waals surface area contributed by atoms with Crippen LogP contribution < -0.4 is 5.32 Å². The van der Waals surface area contributed by atoms with Crippen LogP contribution in [0.2, 0.25) is 5.02 Å². The van der Waals surface area contributed by atoms with Gasteiger partial charge in [0.25, 0.3) is 0 Å². The van der Waals surface area contributed by atoms with Gasteiger partial charge in [-0.2, -0.15) is 0 Å². The van der Waals surface area contributed by atoms with E-state index < -0.39 is 0 Å². The van der Waals surface area contributed by atoms with Gasteiger partial charge in [0.2, 0.25) is 0 Å². The second-order valence-electron chi connectivity index (χ2n) is 9.19. The van der Waals surface area contributed by atoms with Gasteiger partial charge in [-0.15, -0.1) is 0 Å². The number of nitrogens with zero attached hydrogens (tertiary/aromatic N) is 2. The maximum absolute atomic E-state index is 6.16. The lowest BCUT2D eigenvalue weighted by molar-refractivity contribution is 0.562. The van der Waals surface area contributed by atoms with Crippen LogP contribution in [-0.4, -0.2) is 27.5 Å². The number of hydrogen-bond acceptors (Lipinski definition) is 3. The molecule has 4 nitrogen and oxygen atoms in total. The van der Waals surface area contributed by atoms with E-state index in [2.05, 4.69) is 77.6 Å². The molecule has 2 atom stereocenters. The van der Waals surface area contributed by atoms with Crippen molar-refractivity contribution in [2.75, 3.05) is 6.54 Å². The van der Waals surface area contributed by atoms with Gasteiger partial charge in [-0.25, -0.2) is 9.97 Å². The maximum atomic E-state index is 6.16. The summed E-state index contributed by atoms with van der Waals surface area (Å²) in [5.74, 6) is 0.741. The van der Waals surface area contributed by atoms with Crippen molar-refractivity contribution < 1.29 is 0 Å². The van der Waals surface area contributed by atoms with Gasteiger partial charge in [-0.1, -0.05) is 56.6 Å². The first kappa shape index (κ1) is 21.2. The van der Waals surface area contributed by atoms with Crippen LogP contribution in [0.5, 0.6) is 0 Å². The third kappa shape index (κ3) is 3.94. The third-order valence-corrected chi connectivity index (χ3v) is 6.89. The Balaban J connectivity index is 1.56. The molecule has 1 aliphatic rings. The van der Waals surface area contributed by atoms with Crippen molar-refractivity contribution >= 4 is 22.5 Å². The van der Waals surface area contributed by atoms with Crippen molar-refractivity contribution in [3.8, 4) is 11.3 Å². The second-order valence-corrected chi connectivity index (χ2v) is 9.63. The Morgan fingerprint density at radius 2 is 1.94 bits per heavy atom. The minimum Gasteiger partial charge on any atom is -0.361 e. The lowest BCUT2D eigenvalue weighted by atomic mass is 9.90. The first-order chi connectivity index (χ1) is 15.5. The molecule has 2 aromatic carbocycles. The third-order valence-electron chi connectivity index (χ3n) is 6.64. The van der Waals surface area contributed by atoms with E-state index in [1.165, 1.54) is 27.8 Å². The van der Waals surface area contributed by atoms with Crippen molar-refractivity contribution in [3.05, 3.63) is 82.4 Å². The Labute approximate surface area is 194 Å². The molecule has 0 spiro atoms. The van der Waals surface area contributed by atoms with Crippen molar-refractivity contribution in [1.29, 1.82) is 0 Å². The Bertz CT molecular complexity index is 1240. The molecule has 164 valence electrons. The van der Waals surface area contributed by atoms with Gasteiger partial charge in [-0.3, -0.25) is 0 Å². The van der Waals surface area contributed by atoms with Gasteiger partial charge < -0.3 is 10.3 Å². The van der Waals surface area contributed by atoms with E-state index in [9.17, 15) is 0 Å². The monoisotopic (exact) mass is 444 g/mol. The largest absolute Gasteiger partial charge is 0.361 e. The highest BCUT2D eigenvalue weighted by Crippen LogP contribution is 2.39. The number of aromatic amines is 1. The van der Waals surface area contributed by atoms with Gasteiger partial charge in [0.15, 0.2) is 0 Å². The van der Waals surface area contributed by atoms with Crippen LogP contribution >= 0.6 is 11.6 Å². The molecule has 2 heterocycles. The van der Waals surface area contributed by atoms with Crippen molar-refractivity contribution in [2.45, 2.75) is 51.5 Å². The summed E-state index contributed by atoms with van der Waals surface area (Å²) in [4.78, 5) is 12.7. The number of rotatable bonds is 6. The molecule has 0 fully saturated rings. The molecule has 5 heteroatoms. The Kier molecular flexibility index (Phi) is 5.75. The standard InChI is InChI=1S/C27H29ClN4/c1-16(2)29-13-22(18-5-8-20(28)9-6-18)23-14-30-25-12-19(7-10-21(23)25)27-26-17(3)4-11-24(26)31-15-32-27/h5-10,12,14-17,22,29-30H,4,11,13H2,1-3H3. The van der Waals surface area contributed by atoms with Crippen molar-refractivity contribution in [1.82, 2.24) is 20.3 Å². The number of fused-ring (bicyclic) bond motifs is 2. The maximum Gasteiger partial charge on any atom is 0.116 e. The predicted octanol–water partition coefficient (Wildman–Crippen LogP) is 6.46. The average molecular weight is 445 g/mol. The van der Waals surface area contributed by atoms with Gasteiger partial charge in [0, 0.05) is 57.4 Å². The number of aromatic nitrogens is 3. The fourth-order valence-electron chi connectivity index (χ4n) is 4.92. The van der Waals surface area contributed by atoms with E-state index in [4.69, 9.17) is 11.6 Å². The van der Waals surface area contributed by atoms with E-state index in [1.54, 1.807) is 6.33 Å². The number of H-pyrrole nitrogens is 1. The van der Waals surface area contributed by atoms with E-state index in [0.717, 1.165) is 41.2 Å². The summed E-state index contributed by atoms with van der Waals surface area (Å²) in [6.45, 7) is 7.51. The summed E-state index contributed by atoms with van der Waals surface area (Å²) in [6, 6.07) is 15.3. The number of halogens is 1. The van der Waals surface area contributed by atoms with Crippen LogP contribution in [0.1, 0.15) is 61.4 Å². The molecule has 32 heavy (non-hydrogen) atoms. The summed E-state index contributed by atoms with van der Waals surface area (Å²) in [7, 11) is 0. The fraction of sp³-hybridized carbons (Fsp3) is 0.333. The fourth-order valence-corrected chi connectivity index (χ4v) is 5.04. The number of aryl methyl sites for hydroxylation is 1. The van der Waals surface area contributed by atoms with Gasteiger partial charge in [0.1, 0.15) is 6.33 Å². The number of nitrogens with one attached hydrogen (secondary N) is 2. The Morgan fingerprint density at radius 1 is 1.12 bits per heavy atom.